The number of benzene rings is 1. The largest absolute Gasteiger partial charge is 0.290 e. The summed E-state index contributed by atoms with van der Waals surface area (Å²) >= 11 is 0.915. The van der Waals surface area contributed by atoms with Gasteiger partial charge in [0.05, 0.1) is 16.3 Å². The van der Waals surface area contributed by atoms with Crippen LogP contribution in [0.25, 0.3) is 11.8 Å². The van der Waals surface area contributed by atoms with Crippen LogP contribution in [0.5, 0.6) is 0 Å². The van der Waals surface area contributed by atoms with Crippen molar-refractivity contribution < 1.29 is 9.59 Å². The highest BCUT2D eigenvalue weighted by atomic mass is 32.2. The van der Waals surface area contributed by atoms with Crippen LogP contribution in [0.4, 0.5) is 4.79 Å². The zero-order chi connectivity index (χ0) is 15.0. The van der Waals surface area contributed by atoms with Crippen molar-refractivity contribution in [2.45, 2.75) is 13.8 Å². The molecule has 0 unspecified atom stereocenters. The normalized spacial score (nSPS) is 16.6. The van der Waals surface area contributed by atoms with Crippen LogP contribution < -0.4 is 5.32 Å². The second-order valence-electron chi connectivity index (χ2n) is 4.68. The molecule has 6 heteroatoms. The molecule has 1 aromatic heterocycles. The van der Waals surface area contributed by atoms with Gasteiger partial charge < -0.3 is 0 Å². The topological polar surface area (TPSA) is 64.0 Å². The van der Waals surface area contributed by atoms with Gasteiger partial charge in [-0.25, -0.2) is 4.68 Å². The van der Waals surface area contributed by atoms with Crippen LogP contribution in [-0.2, 0) is 4.79 Å². The highest BCUT2D eigenvalue weighted by Crippen LogP contribution is 2.28. The Labute approximate surface area is 126 Å². The summed E-state index contributed by atoms with van der Waals surface area (Å²) < 4.78 is 1.83. The van der Waals surface area contributed by atoms with Crippen LogP contribution in [0, 0.1) is 13.8 Å². The Morgan fingerprint density at radius 3 is 2.52 bits per heavy atom. The molecule has 0 atom stereocenters. The molecule has 1 aliphatic heterocycles. The van der Waals surface area contributed by atoms with E-state index in [9.17, 15) is 9.59 Å². The quantitative estimate of drug-likeness (QED) is 0.866. The fourth-order valence-corrected chi connectivity index (χ4v) is 2.90. The van der Waals surface area contributed by atoms with Crippen molar-refractivity contribution in [1.29, 1.82) is 0 Å². The van der Waals surface area contributed by atoms with Crippen LogP contribution >= 0.6 is 11.8 Å². The maximum absolute atomic E-state index is 11.6. The molecule has 0 aliphatic carbocycles. The first-order chi connectivity index (χ1) is 10.1. The van der Waals surface area contributed by atoms with Gasteiger partial charge in [0.2, 0.25) is 0 Å². The van der Waals surface area contributed by atoms with Crippen molar-refractivity contribution >= 4 is 29.0 Å². The van der Waals surface area contributed by atoms with Crippen LogP contribution in [0.3, 0.4) is 0 Å². The Hall–Kier alpha value is -2.34. The molecule has 21 heavy (non-hydrogen) atoms. The van der Waals surface area contributed by atoms with E-state index in [1.54, 1.807) is 6.08 Å². The maximum atomic E-state index is 11.6. The van der Waals surface area contributed by atoms with Gasteiger partial charge in [0.25, 0.3) is 11.1 Å². The summed E-state index contributed by atoms with van der Waals surface area (Å²) in [6, 6.07) is 9.78. The highest BCUT2D eigenvalue weighted by molar-refractivity contribution is 8.18. The lowest BCUT2D eigenvalue weighted by Gasteiger charge is -2.03. The molecule has 2 aromatic rings. The molecule has 1 N–H and O–H groups in total. The van der Waals surface area contributed by atoms with Gasteiger partial charge in [-0.05, 0) is 43.8 Å². The number of imide groups is 1. The SMILES string of the molecule is Cc1nn(-c2ccccc2)c(C)c1/C=C1\SC(=O)NC1=O. The lowest BCUT2D eigenvalue weighted by molar-refractivity contribution is -0.115. The molecule has 5 nitrogen and oxygen atoms in total. The van der Waals surface area contributed by atoms with E-state index in [0.29, 0.717) is 4.91 Å². The third-order valence-electron chi connectivity index (χ3n) is 3.27. The molecule has 106 valence electrons. The van der Waals surface area contributed by atoms with Crippen molar-refractivity contribution in [2.24, 2.45) is 0 Å². The van der Waals surface area contributed by atoms with E-state index in [2.05, 4.69) is 10.4 Å². The zero-order valence-corrected chi connectivity index (χ0v) is 12.4. The first-order valence-corrected chi connectivity index (χ1v) is 7.24. The van der Waals surface area contributed by atoms with Gasteiger partial charge >= 0.3 is 0 Å². The number of nitrogens with zero attached hydrogens (tertiary/aromatic N) is 2. The monoisotopic (exact) mass is 299 g/mol. The number of thioether (sulfide) groups is 1. The summed E-state index contributed by atoms with van der Waals surface area (Å²) in [6.07, 6.45) is 1.72. The molecular weight excluding hydrogens is 286 g/mol. The van der Waals surface area contributed by atoms with Crippen molar-refractivity contribution in [1.82, 2.24) is 15.1 Å². The van der Waals surface area contributed by atoms with Crippen molar-refractivity contribution in [3.8, 4) is 5.69 Å². The first kappa shape index (κ1) is 13.6. The molecule has 1 aromatic carbocycles. The summed E-state index contributed by atoms with van der Waals surface area (Å²) in [5.74, 6) is -0.351. The summed E-state index contributed by atoms with van der Waals surface area (Å²) in [5.41, 5.74) is 3.57. The van der Waals surface area contributed by atoms with Crippen LogP contribution in [0.1, 0.15) is 17.0 Å². The van der Waals surface area contributed by atoms with Crippen molar-refractivity contribution in [2.75, 3.05) is 0 Å². The third-order valence-corrected chi connectivity index (χ3v) is 4.08. The molecule has 1 fully saturated rings. The number of carbonyl (C=O) groups is 2. The van der Waals surface area contributed by atoms with Crippen molar-refractivity contribution in [3.05, 3.63) is 52.2 Å². The number of hydrogen-bond acceptors (Lipinski definition) is 4. The fraction of sp³-hybridized carbons (Fsp3) is 0.133. The van der Waals surface area contributed by atoms with Gasteiger partial charge in [-0.3, -0.25) is 14.9 Å². The minimum atomic E-state index is -0.351. The predicted octanol–water partition coefficient (Wildman–Crippen LogP) is 2.81. The third kappa shape index (κ3) is 2.50. The van der Waals surface area contributed by atoms with Gasteiger partial charge in [0.1, 0.15) is 0 Å². The molecule has 1 saturated heterocycles. The Balaban J connectivity index is 2.06. The van der Waals surface area contributed by atoms with Gasteiger partial charge in [-0.2, -0.15) is 5.10 Å². The summed E-state index contributed by atoms with van der Waals surface area (Å²) in [4.78, 5) is 23.3. The van der Waals surface area contributed by atoms with Crippen LogP contribution in [0.2, 0.25) is 0 Å². The van der Waals surface area contributed by atoms with E-state index in [4.69, 9.17) is 0 Å². The van der Waals surface area contributed by atoms with E-state index < -0.39 is 0 Å². The number of aromatic nitrogens is 2. The number of para-hydroxylation sites is 1. The lowest BCUT2D eigenvalue weighted by atomic mass is 10.2. The molecule has 0 saturated carbocycles. The number of nitrogens with one attached hydrogen (secondary N) is 1. The molecule has 0 radical (unpaired) electrons. The van der Waals surface area contributed by atoms with E-state index in [-0.39, 0.29) is 11.1 Å². The average Bonchev–Trinajstić information content (AvgIpc) is 2.93. The zero-order valence-electron chi connectivity index (χ0n) is 11.6. The smallest absolute Gasteiger partial charge is 0.282 e. The van der Waals surface area contributed by atoms with Gasteiger partial charge in [-0.15, -0.1) is 0 Å². The van der Waals surface area contributed by atoms with E-state index in [0.717, 1.165) is 34.4 Å². The number of rotatable bonds is 2. The number of amides is 2. The Morgan fingerprint density at radius 2 is 1.90 bits per heavy atom. The molecule has 0 spiro atoms. The van der Waals surface area contributed by atoms with Gasteiger partial charge in [-0.1, -0.05) is 18.2 Å². The number of hydrogen-bond donors (Lipinski definition) is 1. The number of aryl methyl sites for hydroxylation is 1. The molecule has 2 heterocycles. The molecule has 0 bridgehead atoms. The Kier molecular flexibility index (Phi) is 3.39. The second kappa shape index (κ2) is 5.21. The summed E-state index contributed by atoms with van der Waals surface area (Å²) in [7, 11) is 0. The van der Waals surface area contributed by atoms with E-state index in [1.165, 1.54) is 0 Å². The van der Waals surface area contributed by atoms with Crippen LogP contribution in [-0.4, -0.2) is 20.9 Å². The average molecular weight is 299 g/mol. The Morgan fingerprint density at radius 1 is 1.19 bits per heavy atom. The minimum absolute atomic E-state index is 0.336. The predicted molar refractivity (Wildman–Crippen MR) is 82.1 cm³/mol. The Bertz CT molecular complexity index is 763. The summed E-state index contributed by atoms with van der Waals surface area (Å²) in [5, 5.41) is 6.43. The standard InChI is InChI=1S/C15H13N3O2S/c1-9-12(8-13-14(19)16-15(20)21-13)10(2)18(17-9)11-6-4-3-5-7-11/h3-8H,1-2H3,(H,16,19,20)/b13-8-. The maximum Gasteiger partial charge on any atom is 0.290 e. The molecular formula is C15H13N3O2S. The van der Waals surface area contributed by atoms with Gasteiger partial charge in [0, 0.05) is 11.3 Å². The summed E-state index contributed by atoms with van der Waals surface area (Å²) in [6.45, 7) is 3.83. The minimum Gasteiger partial charge on any atom is -0.282 e. The fourth-order valence-electron chi connectivity index (χ4n) is 2.24. The molecule has 1 aliphatic rings. The lowest BCUT2D eigenvalue weighted by Crippen LogP contribution is -2.17. The highest BCUT2D eigenvalue weighted by Gasteiger charge is 2.26. The van der Waals surface area contributed by atoms with Crippen LogP contribution in [0.15, 0.2) is 35.2 Å². The molecule has 2 amide bonds. The van der Waals surface area contributed by atoms with E-state index in [1.807, 2.05) is 48.9 Å². The molecule has 3 rings (SSSR count). The van der Waals surface area contributed by atoms with Crippen molar-refractivity contribution in [3.63, 3.8) is 0 Å². The second-order valence-corrected chi connectivity index (χ2v) is 5.70. The first-order valence-electron chi connectivity index (χ1n) is 6.43. The van der Waals surface area contributed by atoms with Gasteiger partial charge in [0.15, 0.2) is 0 Å². The number of carbonyl (C=O) groups excluding carboxylic acids is 2. The van der Waals surface area contributed by atoms with E-state index >= 15 is 0 Å².